The van der Waals surface area contributed by atoms with E-state index in [9.17, 15) is 22.8 Å². The summed E-state index contributed by atoms with van der Waals surface area (Å²) >= 11 is 0. The number of rotatable bonds is 11. The molecule has 1 unspecified atom stereocenters. The van der Waals surface area contributed by atoms with Crippen LogP contribution in [0.15, 0.2) is 48.5 Å². The maximum Gasteiger partial charge on any atom is 0.573 e. The van der Waals surface area contributed by atoms with Crippen molar-refractivity contribution in [1.82, 2.24) is 10.6 Å². The molecule has 0 fully saturated rings. The maximum absolute atomic E-state index is 12.7. The predicted octanol–water partition coefficient (Wildman–Crippen LogP) is 6.24. The summed E-state index contributed by atoms with van der Waals surface area (Å²) in [6.07, 6.45) is -2.53. The van der Waals surface area contributed by atoms with E-state index in [-0.39, 0.29) is 23.7 Å². The number of alkyl carbamates (subject to hydrolysis) is 1. The van der Waals surface area contributed by atoms with E-state index in [1.54, 1.807) is 12.1 Å². The smallest absolute Gasteiger partial charge is 0.449 e. The maximum atomic E-state index is 12.7. The van der Waals surface area contributed by atoms with E-state index in [0.29, 0.717) is 19.4 Å². The molecule has 6 nitrogen and oxygen atoms in total. The second kappa shape index (κ2) is 13.2. The molecular weight excluding hydrogens is 473 g/mol. The Labute approximate surface area is 210 Å². The average molecular weight is 509 g/mol. The number of unbranched alkanes of at least 4 members (excludes halogenated alkanes) is 1. The first kappa shape index (κ1) is 29.0. The fourth-order valence-electron chi connectivity index (χ4n) is 3.31. The van der Waals surface area contributed by atoms with Gasteiger partial charge >= 0.3 is 12.5 Å². The van der Waals surface area contributed by atoms with E-state index in [0.717, 1.165) is 29.5 Å². The van der Waals surface area contributed by atoms with Crippen molar-refractivity contribution < 1.29 is 32.2 Å². The molecule has 0 spiro atoms. The topological polar surface area (TPSA) is 76.7 Å². The highest BCUT2D eigenvalue weighted by atomic mass is 19.4. The highest BCUT2D eigenvalue weighted by Gasteiger charge is 2.31. The van der Waals surface area contributed by atoms with Crippen LogP contribution in [0.3, 0.4) is 0 Å². The molecule has 9 heteroatoms. The molecule has 2 aromatic carbocycles. The SMILES string of the molecule is CCCCC(NC(=O)OCC(C)(C)C)C(=O)NCCc1ccc(-c2ccc(OC(F)(F)F)cc2)cc1. The normalized spacial score (nSPS) is 12.5. The molecule has 0 aliphatic carbocycles. The van der Waals surface area contributed by atoms with Gasteiger partial charge in [0.05, 0.1) is 6.61 Å². The van der Waals surface area contributed by atoms with Crippen LogP contribution in [0.1, 0.15) is 52.5 Å². The van der Waals surface area contributed by atoms with E-state index in [2.05, 4.69) is 15.4 Å². The van der Waals surface area contributed by atoms with Crippen molar-refractivity contribution in [3.63, 3.8) is 0 Å². The van der Waals surface area contributed by atoms with Crippen molar-refractivity contribution in [2.45, 2.75) is 65.8 Å². The number of benzene rings is 2. The Morgan fingerprint density at radius 1 is 0.944 bits per heavy atom. The van der Waals surface area contributed by atoms with E-state index in [1.807, 2.05) is 52.0 Å². The Balaban J connectivity index is 1.86. The van der Waals surface area contributed by atoms with Crippen molar-refractivity contribution in [2.24, 2.45) is 5.41 Å². The molecular formula is C27H35F3N2O4. The van der Waals surface area contributed by atoms with Gasteiger partial charge in [-0.1, -0.05) is 76.9 Å². The number of ether oxygens (including phenoxy) is 2. The summed E-state index contributed by atoms with van der Waals surface area (Å²) in [5.74, 6) is -0.526. The van der Waals surface area contributed by atoms with Gasteiger partial charge in [0.15, 0.2) is 0 Å². The molecule has 2 rings (SSSR count). The van der Waals surface area contributed by atoms with Gasteiger partial charge in [-0.25, -0.2) is 4.79 Å². The molecule has 0 heterocycles. The molecule has 1 atom stereocenters. The lowest BCUT2D eigenvalue weighted by Crippen LogP contribution is -2.47. The quantitative estimate of drug-likeness (QED) is 0.377. The Morgan fingerprint density at radius 3 is 2.06 bits per heavy atom. The van der Waals surface area contributed by atoms with E-state index in [1.165, 1.54) is 12.1 Å². The first-order valence-electron chi connectivity index (χ1n) is 12.0. The number of carbonyl (C=O) groups excluding carboxylic acids is 2. The van der Waals surface area contributed by atoms with Crippen LogP contribution >= 0.6 is 0 Å². The van der Waals surface area contributed by atoms with Gasteiger partial charge in [0, 0.05) is 6.54 Å². The van der Waals surface area contributed by atoms with E-state index < -0.39 is 18.5 Å². The molecule has 0 bridgehead atoms. The minimum absolute atomic E-state index is 0.168. The van der Waals surface area contributed by atoms with Crippen LogP contribution in [0.2, 0.25) is 0 Å². The predicted molar refractivity (Wildman–Crippen MR) is 133 cm³/mol. The van der Waals surface area contributed by atoms with Crippen molar-refractivity contribution in [3.8, 4) is 16.9 Å². The second-order valence-electron chi connectivity index (χ2n) is 9.79. The summed E-state index contributed by atoms with van der Waals surface area (Å²) in [4.78, 5) is 24.8. The lowest BCUT2D eigenvalue weighted by molar-refractivity contribution is -0.274. The van der Waals surface area contributed by atoms with E-state index >= 15 is 0 Å². The van der Waals surface area contributed by atoms with Crippen molar-refractivity contribution in [1.29, 1.82) is 0 Å². The van der Waals surface area contributed by atoms with Gasteiger partial charge in [0.25, 0.3) is 0 Å². The zero-order valence-corrected chi connectivity index (χ0v) is 21.2. The van der Waals surface area contributed by atoms with Gasteiger partial charge in [-0.3, -0.25) is 4.79 Å². The third kappa shape index (κ3) is 11.0. The minimum atomic E-state index is -4.72. The fraction of sp³-hybridized carbons (Fsp3) is 0.481. The molecule has 0 aliphatic heterocycles. The zero-order valence-electron chi connectivity index (χ0n) is 21.2. The number of carbonyl (C=O) groups is 2. The average Bonchev–Trinajstić information content (AvgIpc) is 2.80. The summed E-state index contributed by atoms with van der Waals surface area (Å²) in [6.45, 7) is 8.53. The van der Waals surface area contributed by atoms with Gasteiger partial charge in [-0.15, -0.1) is 13.2 Å². The van der Waals surface area contributed by atoms with Crippen molar-refractivity contribution in [2.75, 3.05) is 13.2 Å². The number of hydrogen-bond acceptors (Lipinski definition) is 4. The van der Waals surface area contributed by atoms with Crippen LogP contribution < -0.4 is 15.4 Å². The number of halogens is 3. The minimum Gasteiger partial charge on any atom is -0.449 e. The molecule has 36 heavy (non-hydrogen) atoms. The van der Waals surface area contributed by atoms with Crippen LogP contribution in [0, 0.1) is 5.41 Å². The summed E-state index contributed by atoms with van der Waals surface area (Å²) in [7, 11) is 0. The van der Waals surface area contributed by atoms with Gasteiger partial charge in [-0.05, 0) is 47.1 Å². The van der Waals surface area contributed by atoms with Crippen LogP contribution in [-0.2, 0) is 16.0 Å². The number of nitrogens with one attached hydrogen (secondary N) is 2. The van der Waals surface area contributed by atoms with Gasteiger partial charge in [-0.2, -0.15) is 0 Å². The molecule has 0 aromatic heterocycles. The zero-order chi connectivity index (χ0) is 26.8. The van der Waals surface area contributed by atoms with Gasteiger partial charge < -0.3 is 20.1 Å². The van der Waals surface area contributed by atoms with Crippen LogP contribution in [-0.4, -0.2) is 37.6 Å². The Hall–Kier alpha value is -3.23. The summed E-state index contributed by atoms with van der Waals surface area (Å²) < 4.78 is 46.1. The molecule has 0 radical (unpaired) electrons. The Morgan fingerprint density at radius 2 is 1.53 bits per heavy atom. The van der Waals surface area contributed by atoms with Crippen LogP contribution in [0.25, 0.3) is 11.1 Å². The summed E-state index contributed by atoms with van der Waals surface area (Å²) in [5.41, 5.74) is 2.42. The van der Waals surface area contributed by atoms with Crippen LogP contribution in [0.5, 0.6) is 5.75 Å². The summed E-state index contributed by atoms with van der Waals surface area (Å²) in [5, 5.41) is 5.54. The Kier molecular flexibility index (Phi) is 10.6. The Bertz CT molecular complexity index is 968. The number of hydrogen-bond donors (Lipinski definition) is 2. The molecule has 0 saturated carbocycles. The molecule has 0 saturated heterocycles. The van der Waals surface area contributed by atoms with Crippen molar-refractivity contribution >= 4 is 12.0 Å². The van der Waals surface area contributed by atoms with Crippen LogP contribution in [0.4, 0.5) is 18.0 Å². The lowest BCUT2D eigenvalue weighted by Gasteiger charge is -2.21. The standard InChI is InChI=1S/C27H35F3N2O4/c1-5-6-7-23(32-25(34)35-18-26(2,3)4)24(33)31-17-16-19-8-10-20(11-9-19)21-12-14-22(15-13-21)36-27(28,29)30/h8-15,23H,5-7,16-18H2,1-4H3,(H,31,33)(H,32,34). The van der Waals surface area contributed by atoms with Gasteiger partial charge in [0.1, 0.15) is 11.8 Å². The highest BCUT2D eigenvalue weighted by Crippen LogP contribution is 2.26. The first-order valence-corrected chi connectivity index (χ1v) is 12.0. The number of amides is 2. The monoisotopic (exact) mass is 508 g/mol. The number of alkyl halides is 3. The molecule has 2 N–H and O–H groups in total. The molecule has 0 aliphatic rings. The molecule has 2 amide bonds. The molecule has 2 aromatic rings. The van der Waals surface area contributed by atoms with Crippen molar-refractivity contribution in [3.05, 3.63) is 54.1 Å². The fourth-order valence-corrected chi connectivity index (χ4v) is 3.31. The third-order valence-corrected chi connectivity index (χ3v) is 5.18. The third-order valence-electron chi connectivity index (χ3n) is 5.18. The largest absolute Gasteiger partial charge is 0.573 e. The highest BCUT2D eigenvalue weighted by molar-refractivity contribution is 5.85. The second-order valence-corrected chi connectivity index (χ2v) is 9.79. The van der Waals surface area contributed by atoms with E-state index in [4.69, 9.17) is 4.74 Å². The van der Waals surface area contributed by atoms with Gasteiger partial charge in [0.2, 0.25) is 5.91 Å². The molecule has 198 valence electrons. The first-order chi connectivity index (χ1) is 16.9. The summed E-state index contributed by atoms with van der Waals surface area (Å²) in [6, 6.07) is 12.5. The lowest BCUT2D eigenvalue weighted by atomic mass is 9.99.